The Kier molecular flexibility index (Phi) is 9.01. The molecule has 2 aromatic rings. The SMILES string of the molecule is COc1ncccc1NC(=O)N(C)C.COc1ncccc1NC(=O)N(C)C. The van der Waals surface area contributed by atoms with E-state index in [1.165, 1.54) is 24.0 Å². The predicted molar refractivity (Wildman–Crippen MR) is 107 cm³/mol. The molecule has 10 heteroatoms. The number of hydrogen-bond donors (Lipinski definition) is 2. The number of rotatable bonds is 4. The topological polar surface area (TPSA) is 109 Å². The maximum Gasteiger partial charge on any atom is 0.321 e. The number of hydrogen-bond acceptors (Lipinski definition) is 6. The zero-order valence-electron chi connectivity index (χ0n) is 16.9. The first kappa shape index (κ1) is 22.5. The smallest absolute Gasteiger partial charge is 0.321 e. The molecule has 0 aliphatic rings. The molecule has 0 spiro atoms. The summed E-state index contributed by atoms with van der Waals surface area (Å²) in [5, 5.41) is 5.32. The molecule has 10 nitrogen and oxygen atoms in total. The first-order valence-electron chi connectivity index (χ1n) is 8.24. The summed E-state index contributed by atoms with van der Waals surface area (Å²) in [5.74, 6) is 0.811. The number of ether oxygens (including phenoxy) is 2. The lowest BCUT2D eigenvalue weighted by molar-refractivity contribution is 0.230. The van der Waals surface area contributed by atoms with Gasteiger partial charge in [0.15, 0.2) is 0 Å². The van der Waals surface area contributed by atoms with Crippen molar-refractivity contribution in [2.24, 2.45) is 0 Å². The van der Waals surface area contributed by atoms with Crippen LogP contribution in [0.5, 0.6) is 11.8 Å². The van der Waals surface area contributed by atoms with Crippen LogP contribution >= 0.6 is 0 Å². The molecule has 0 saturated carbocycles. The number of anilines is 2. The highest BCUT2D eigenvalue weighted by Crippen LogP contribution is 2.20. The van der Waals surface area contributed by atoms with Crippen LogP contribution in [0, 0.1) is 0 Å². The first-order valence-corrected chi connectivity index (χ1v) is 8.24. The molecule has 2 heterocycles. The number of carbonyl (C=O) groups excluding carboxylic acids is 2. The molecule has 0 saturated heterocycles. The molecular weight excluding hydrogens is 364 g/mol. The zero-order chi connectivity index (χ0) is 21.1. The van der Waals surface area contributed by atoms with Gasteiger partial charge in [0.05, 0.1) is 14.2 Å². The third-order valence-corrected chi connectivity index (χ3v) is 3.22. The van der Waals surface area contributed by atoms with Gasteiger partial charge in [-0.15, -0.1) is 0 Å². The minimum absolute atomic E-state index is 0.212. The van der Waals surface area contributed by atoms with E-state index in [4.69, 9.17) is 9.47 Å². The Balaban J connectivity index is 0.000000280. The Morgan fingerprint density at radius 1 is 0.786 bits per heavy atom. The predicted octanol–water partition coefficient (Wildman–Crippen LogP) is 2.37. The van der Waals surface area contributed by atoms with Crippen molar-refractivity contribution in [3.05, 3.63) is 36.7 Å². The largest absolute Gasteiger partial charge is 0.480 e. The fraction of sp³-hybridized carbons (Fsp3) is 0.333. The van der Waals surface area contributed by atoms with E-state index in [1.54, 1.807) is 64.8 Å². The summed E-state index contributed by atoms with van der Waals surface area (Å²) in [6.45, 7) is 0. The molecule has 2 rings (SSSR count). The Morgan fingerprint density at radius 2 is 1.14 bits per heavy atom. The molecular formula is C18H26N6O4. The third-order valence-electron chi connectivity index (χ3n) is 3.22. The molecule has 152 valence electrons. The van der Waals surface area contributed by atoms with Gasteiger partial charge in [-0.25, -0.2) is 19.6 Å². The average molecular weight is 390 g/mol. The lowest BCUT2D eigenvalue weighted by atomic mass is 10.4. The van der Waals surface area contributed by atoms with Gasteiger partial charge < -0.3 is 29.9 Å². The van der Waals surface area contributed by atoms with Crippen molar-refractivity contribution in [2.45, 2.75) is 0 Å². The van der Waals surface area contributed by atoms with Crippen molar-refractivity contribution in [1.82, 2.24) is 19.8 Å². The second-order valence-corrected chi connectivity index (χ2v) is 5.77. The Morgan fingerprint density at radius 3 is 1.43 bits per heavy atom. The van der Waals surface area contributed by atoms with Crippen LogP contribution in [0.4, 0.5) is 21.0 Å². The fourth-order valence-corrected chi connectivity index (χ4v) is 1.75. The number of nitrogens with zero attached hydrogens (tertiary/aromatic N) is 4. The van der Waals surface area contributed by atoms with Crippen LogP contribution in [0.2, 0.25) is 0 Å². The summed E-state index contributed by atoms with van der Waals surface area (Å²) in [6, 6.07) is 6.50. The molecule has 0 fully saturated rings. The zero-order valence-corrected chi connectivity index (χ0v) is 16.9. The fourth-order valence-electron chi connectivity index (χ4n) is 1.75. The molecule has 0 aliphatic carbocycles. The maximum absolute atomic E-state index is 11.3. The Labute approximate surface area is 164 Å². The van der Waals surface area contributed by atoms with Crippen LogP contribution in [0.3, 0.4) is 0 Å². The van der Waals surface area contributed by atoms with Crippen molar-refractivity contribution in [3.63, 3.8) is 0 Å². The highest BCUT2D eigenvalue weighted by Gasteiger charge is 2.09. The normalized spacial score (nSPS) is 9.36. The summed E-state index contributed by atoms with van der Waals surface area (Å²) < 4.78 is 9.96. The minimum atomic E-state index is -0.212. The molecule has 0 radical (unpaired) electrons. The van der Waals surface area contributed by atoms with Crippen molar-refractivity contribution >= 4 is 23.4 Å². The van der Waals surface area contributed by atoms with E-state index in [1.807, 2.05) is 0 Å². The van der Waals surface area contributed by atoms with E-state index in [0.29, 0.717) is 23.1 Å². The summed E-state index contributed by atoms with van der Waals surface area (Å²) in [6.07, 6.45) is 3.20. The lowest BCUT2D eigenvalue weighted by Gasteiger charge is -2.13. The van der Waals surface area contributed by atoms with E-state index in [9.17, 15) is 9.59 Å². The number of nitrogens with one attached hydrogen (secondary N) is 2. The third kappa shape index (κ3) is 6.98. The van der Waals surface area contributed by atoms with Crippen molar-refractivity contribution in [2.75, 3.05) is 53.0 Å². The Bertz CT molecular complexity index is 717. The second kappa shape index (κ2) is 11.2. The van der Waals surface area contributed by atoms with Gasteiger partial charge in [0.2, 0.25) is 11.8 Å². The molecule has 0 bridgehead atoms. The van der Waals surface area contributed by atoms with Gasteiger partial charge in [-0.1, -0.05) is 0 Å². The summed E-state index contributed by atoms with van der Waals surface area (Å²) in [7, 11) is 9.67. The first-order chi connectivity index (χ1) is 13.3. The van der Waals surface area contributed by atoms with Gasteiger partial charge in [-0.05, 0) is 24.3 Å². The van der Waals surface area contributed by atoms with Gasteiger partial charge in [0.1, 0.15) is 11.4 Å². The van der Waals surface area contributed by atoms with E-state index < -0.39 is 0 Å². The maximum atomic E-state index is 11.3. The van der Waals surface area contributed by atoms with Crippen LogP contribution in [0.25, 0.3) is 0 Å². The number of aromatic nitrogens is 2. The molecule has 0 atom stereocenters. The van der Waals surface area contributed by atoms with Crippen LogP contribution in [0.15, 0.2) is 36.7 Å². The molecule has 0 unspecified atom stereocenters. The van der Waals surface area contributed by atoms with Gasteiger partial charge >= 0.3 is 12.1 Å². The van der Waals surface area contributed by atoms with Gasteiger partial charge in [-0.3, -0.25) is 0 Å². The van der Waals surface area contributed by atoms with Crippen molar-refractivity contribution in [1.29, 1.82) is 0 Å². The second-order valence-electron chi connectivity index (χ2n) is 5.77. The van der Waals surface area contributed by atoms with Crippen molar-refractivity contribution < 1.29 is 19.1 Å². The minimum Gasteiger partial charge on any atom is -0.480 e. The highest BCUT2D eigenvalue weighted by atomic mass is 16.5. The van der Waals surface area contributed by atoms with Crippen LogP contribution in [0.1, 0.15) is 0 Å². The van der Waals surface area contributed by atoms with E-state index in [2.05, 4.69) is 20.6 Å². The quantitative estimate of drug-likeness (QED) is 0.830. The standard InChI is InChI=1S/2C9H13N3O2/c2*1-12(2)9(13)11-7-5-4-6-10-8(7)14-3/h2*4-6H,1-3H3,(H,11,13). The number of urea groups is 2. The van der Waals surface area contributed by atoms with E-state index in [0.717, 1.165) is 0 Å². The molecule has 2 N–H and O–H groups in total. The lowest BCUT2D eigenvalue weighted by Crippen LogP contribution is -2.27. The number of carbonyl (C=O) groups is 2. The number of amides is 4. The Hall–Kier alpha value is -3.56. The molecule has 28 heavy (non-hydrogen) atoms. The molecule has 0 aliphatic heterocycles. The number of pyridine rings is 2. The average Bonchev–Trinajstić information content (AvgIpc) is 2.69. The number of methoxy groups -OCH3 is 2. The molecule has 4 amide bonds. The van der Waals surface area contributed by atoms with E-state index >= 15 is 0 Å². The van der Waals surface area contributed by atoms with Crippen LogP contribution in [-0.2, 0) is 0 Å². The molecule has 2 aromatic heterocycles. The van der Waals surface area contributed by atoms with Gasteiger partial charge in [0.25, 0.3) is 0 Å². The van der Waals surface area contributed by atoms with Gasteiger partial charge in [-0.2, -0.15) is 0 Å². The van der Waals surface area contributed by atoms with Crippen LogP contribution < -0.4 is 20.1 Å². The van der Waals surface area contributed by atoms with Crippen LogP contribution in [-0.4, -0.2) is 74.2 Å². The summed E-state index contributed by atoms with van der Waals surface area (Å²) in [4.78, 5) is 33.4. The van der Waals surface area contributed by atoms with Crippen molar-refractivity contribution in [3.8, 4) is 11.8 Å². The highest BCUT2D eigenvalue weighted by molar-refractivity contribution is 5.90. The van der Waals surface area contributed by atoms with E-state index in [-0.39, 0.29) is 12.1 Å². The monoisotopic (exact) mass is 390 g/mol. The summed E-state index contributed by atoms with van der Waals surface area (Å²) in [5.41, 5.74) is 1.13. The van der Waals surface area contributed by atoms with Gasteiger partial charge in [0, 0.05) is 40.6 Å². The summed E-state index contributed by atoms with van der Waals surface area (Å²) >= 11 is 0. The molecule has 0 aromatic carbocycles.